The first kappa shape index (κ1) is 28.8. The SMILES string of the molecule is CCN(CC)S(=O)(=O)c1cc(NC(=O)C(C)OC(=O)c2cc3c(C)nn(-c4ccc(Cl)cc4)c3s2)ccc1C. The van der Waals surface area contributed by atoms with Gasteiger partial charge < -0.3 is 10.1 Å². The Bertz CT molecular complexity index is 1640. The minimum absolute atomic E-state index is 0.115. The van der Waals surface area contributed by atoms with Gasteiger partial charge in [-0.1, -0.05) is 31.5 Å². The molecule has 0 spiro atoms. The minimum Gasteiger partial charge on any atom is -0.448 e. The van der Waals surface area contributed by atoms with Gasteiger partial charge in [0.1, 0.15) is 9.71 Å². The molecule has 2 aromatic carbocycles. The normalized spacial score (nSPS) is 12.6. The number of hydrogen-bond acceptors (Lipinski definition) is 7. The Labute approximate surface area is 236 Å². The van der Waals surface area contributed by atoms with Gasteiger partial charge in [-0.15, -0.1) is 11.3 Å². The maximum absolute atomic E-state index is 13.0. The van der Waals surface area contributed by atoms with E-state index in [0.29, 0.717) is 34.2 Å². The number of carbonyl (C=O) groups excluding carboxylic acids is 2. The summed E-state index contributed by atoms with van der Waals surface area (Å²) in [5.74, 6) is -1.22. The molecule has 0 aliphatic carbocycles. The summed E-state index contributed by atoms with van der Waals surface area (Å²) in [6.45, 7) is 9.21. The molecule has 1 N–H and O–H groups in total. The number of ether oxygens (including phenoxy) is 1. The van der Waals surface area contributed by atoms with Crippen molar-refractivity contribution in [3.8, 4) is 5.69 Å². The molecule has 206 valence electrons. The summed E-state index contributed by atoms with van der Waals surface area (Å²) in [6, 6.07) is 13.6. The average Bonchev–Trinajstić information content (AvgIpc) is 3.47. The number of thiophene rings is 1. The molecule has 2 heterocycles. The molecule has 39 heavy (non-hydrogen) atoms. The van der Waals surface area contributed by atoms with E-state index < -0.39 is 28.0 Å². The van der Waals surface area contributed by atoms with Crippen LogP contribution in [0, 0.1) is 13.8 Å². The number of carbonyl (C=O) groups is 2. The highest BCUT2D eigenvalue weighted by atomic mass is 35.5. The Morgan fingerprint density at radius 3 is 2.41 bits per heavy atom. The predicted octanol–water partition coefficient (Wildman–Crippen LogP) is 5.57. The second-order valence-electron chi connectivity index (χ2n) is 8.91. The predicted molar refractivity (Wildman–Crippen MR) is 153 cm³/mol. The molecular weight excluding hydrogens is 560 g/mol. The number of aromatic nitrogens is 2. The molecule has 1 unspecified atom stereocenters. The van der Waals surface area contributed by atoms with Crippen LogP contribution in [0.2, 0.25) is 5.02 Å². The number of nitrogens with zero attached hydrogens (tertiary/aromatic N) is 3. The first-order chi connectivity index (χ1) is 18.5. The van der Waals surface area contributed by atoms with Crippen molar-refractivity contribution in [1.29, 1.82) is 0 Å². The minimum atomic E-state index is -3.72. The van der Waals surface area contributed by atoms with E-state index in [-0.39, 0.29) is 4.90 Å². The van der Waals surface area contributed by atoms with Crippen LogP contribution in [0.15, 0.2) is 53.4 Å². The fourth-order valence-corrected chi connectivity index (χ4v) is 6.98. The summed E-state index contributed by atoms with van der Waals surface area (Å²) in [5.41, 5.74) is 2.40. The molecule has 1 atom stereocenters. The number of esters is 1. The van der Waals surface area contributed by atoms with E-state index in [2.05, 4.69) is 10.4 Å². The van der Waals surface area contributed by atoms with Crippen LogP contribution in [0.4, 0.5) is 5.69 Å². The summed E-state index contributed by atoms with van der Waals surface area (Å²) < 4.78 is 34.6. The highest BCUT2D eigenvalue weighted by molar-refractivity contribution is 7.89. The van der Waals surface area contributed by atoms with Crippen molar-refractivity contribution in [2.75, 3.05) is 18.4 Å². The zero-order chi connectivity index (χ0) is 28.5. The van der Waals surface area contributed by atoms with Gasteiger partial charge in [0.05, 0.1) is 16.3 Å². The summed E-state index contributed by atoms with van der Waals surface area (Å²) in [4.78, 5) is 27.0. The molecule has 0 fully saturated rings. The van der Waals surface area contributed by atoms with E-state index in [1.54, 1.807) is 55.8 Å². The van der Waals surface area contributed by atoms with Gasteiger partial charge in [-0.05, 0) is 68.8 Å². The molecule has 0 aliphatic heterocycles. The van der Waals surface area contributed by atoms with Crippen molar-refractivity contribution in [3.05, 3.63) is 69.7 Å². The van der Waals surface area contributed by atoms with Gasteiger partial charge in [0.15, 0.2) is 6.10 Å². The molecule has 0 aliphatic rings. The lowest BCUT2D eigenvalue weighted by Crippen LogP contribution is -2.32. The molecule has 1 amide bonds. The van der Waals surface area contributed by atoms with Crippen LogP contribution in [0.5, 0.6) is 0 Å². The first-order valence-corrected chi connectivity index (χ1v) is 15.0. The summed E-state index contributed by atoms with van der Waals surface area (Å²) >= 11 is 7.22. The lowest BCUT2D eigenvalue weighted by atomic mass is 10.2. The van der Waals surface area contributed by atoms with Crippen LogP contribution >= 0.6 is 22.9 Å². The second-order valence-corrected chi connectivity index (χ2v) is 12.3. The Morgan fingerprint density at radius 1 is 1.10 bits per heavy atom. The molecule has 0 saturated heterocycles. The number of halogens is 1. The molecule has 4 rings (SSSR count). The molecule has 0 radical (unpaired) electrons. The van der Waals surface area contributed by atoms with Gasteiger partial charge in [0, 0.05) is 29.2 Å². The number of sulfonamides is 1. The lowest BCUT2D eigenvalue weighted by molar-refractivity contribution is -0.123. The average molecular weight is 589 g/mol. The molecular formula is C27H29ClN4O5S2. The van der Waals surface area contributed by atoms with Crippen LogP contribution in [0.25, 0.3) is 15.9 Å². The van der Waals surface area contributed by atoms with Crippen LogP contribution < -0.4 is 5.32 Å². The van der Waals surface area contributed by atoms with Crippen molar-refractivity contribution in [2.24, 2.45) is 0 Å². The third-order valence-corrected chi connectivity index (χ3v) is 9.78. The van der Waals surface area contributed by atoms with Crippen LogP contribution in [0.1, 0.15) is 41.7 Å². The van der Waals surface area contributed by atoms with Gasteiger partial charge in [-0.25, -0.2) is 17.9 Å². The van der Waals surface area contributed by atoms with E-state index in [4.69, 9.17) is 16.3 Å². The number of nitrogens with one attached hydrogen (secondary N) is 1. The van der Waals surface area contributed by atoms with E-state index in [1.165, 1.54) is 28.6 Å². The summed E-state index contributed by atoms with van der Waals surface area (Å²) in [7, 11) is -3.72. The van der Waals surface area contributed by atoms with Gasteiger partial charge in [0.25, 0.3) is 5.91 Å². The van der Waals surface area contributed by atoms with Gasteiger partial charge in [0.2, 0.25) is 10.0 Å². The number of anilines is 1. The first-order valence-electron chi connectivity index (χ1n) is 12.3. The fourth-order valence-electron chi connectivity index (χ4n) is 4.08. The van der Waals surface area contributed by atoms with Crippen LogP contribution in [0.3, 0.4) is 0 Å². The molecule has 12 heteroatoms. The Morgan fingerprint density at radius 2 is 1.77 bits per heavy atom. The van der Waals surface area contributed by atoms with Crippen LogP contribution in [-0.4, -0.2) is 53.6 Å². The number of aryl methyl sites for hydroxylation is 2. The molecule has 4 aromatic rings. The monoisotopic (exact) mass is 588 g/mol. The topological polar surface area (TPSA) is 111 Å². The van der Waals surface area contributed by atoms with E-state index in [1.807, 2.05) is 19.1 Å². The summed E-state index contributed by atoms with van der Waals surface area (Å²) in [5, 5.41) is 8.63. The quantitative estimate of drug-likeness (QED) is 0.256. The van der Waals surface area contributed by atoms with Gasteiger partial charge in [-0.2, -0.15) is 9.40 Å². The summed E-state index contributed by atoms with van der Waals surface area (Å²) in [6.07, 6.45) is -1.12. The van der Waals surface area contributed by atoms with Crippen LogP contribution in [-0.2, 0) is 19.6 Å². The Hall–Kier alpha value is -3.25. The highest BCUT2D eigenvalue weighted by Crippen LogP contribution is 2.31. The Balaban J connectivity index is 1.50. The Kier molecular flexibility index (Phi) is 8.45. The molecule has 2 aromatic heterocycles. The number of benzene rings is 2. The largest absolute Gasteiger partial charge is 0.448 e. The van der Waals surface area contributed by atoms with E-state index >= 15 is 0 Å². The molecule has 0 bridgehead atoms. The van der Waals surface area contributed by atoms with E-state index in [9.17, 15) is 18.0 Å². The van der Waals surface area contributed by atoms with Crippen molar-refractivity contribution >= 4 is 60.7 Å². The third kappa shape index (κ3) is 5.86. The zero-order valence-electron chi connectivity index (χ0n) is 22.2. The highest BCUT2D eigenvalue weighted by Gasteiger charge is 2.26. The third-order valence-electron chi connectivity index (χ3n) is 6.25. The van der Waals surface area contributed by atoms with Gasteiger partial charge in [-0.3, -0.25) is 4.79 Å². The number of fused-ring (bicyclic) bond motifs is 1. The second kappa shape index (κ2) is 11.5. The zero-order valence-corrected chi connectivity index (χ0v) is 24.6. The van der Waals surface area contributed by atoms with E-state index in [0.717, 1.165) is 21.6 Å². The number of amides is 1. The lowest BCUT2D eigenvalue weighted by Gasteiger charge is -2.20. The fraction of sp³-hybridized carbons (Fsp3) is 0.296. The number of rotatable bonds is 9. The van der Waals surface area contributed by atoms with Crippen molar-refractivity contribution in [1.82, 2.24) is 14.1 Å². The van der Waals surface area contributed by atoms with Crippen molar-refractivity contribution in [2.45, 2.75) is 45.6 Å². The maximum Gasteiger partial charge on any atom is 0.349 e. The molecule has 0 saturated carbocycles. The van der Waals surface area contributed by atoms with Crippen molar-refractivity contribution < 1.29 is 22.7 Å². The maximum atomic E-state index is 13.0. The smallest absolute Gasteiger partial charge is 0.349 e. The van der Waals surface area contributed by atoms with Gasteiger partial charge >= 0.3 is 5.97 Å². The molecule has 9 nitrogen and oxygen atoms in total. The standard InChI is InChI=1S/C27H29ClN4O5S2/c1-6-31(7-2)39(35,36)24-14-20(11-8-16(24)3)29-25(33)18(5)37-27(34)23-15-22-17(4)30-32(26(22)38-23)21-12-9-19(28)10-13-21/h8-15,18H,6-7H2,1-5H3,(H,29,33). The number of hydrogen-bond donors (Lipinski definition) is 1. The van der Waals surface area contributed by atoms with Crippen molar-refractivity contribution in [3.63, 3.8) is 0 Å².